The third-order valence-corrected chi connectivity index (χ3v) is 8.88. The number of unbranched alkanes of at least 4 members (excludes halogenated alkanes) is 5. The lowest BCUT2D eigenvalue weighted by atomic mass is 9.78. The maximum absolute atomic E-state index is 13.2. The van der Waals surface area contributed by atoms with E-state index in [-0.39, 0.29) is 17.1 Å². The molecule has 0 aromatic heterocycles. The minimum absolute atomic E-state index is 0.193. The molecule has 0 saturated carbocycles. The second kappa shape index (κ2) is 14.0. The third kappa shape index (κ3) is 8.76. The number of fused-ring (bicyclic) bond motifs is 1. The average molecular weight is 515 g/mol. The molecule has 0 N–H and O–H groups in total. The first kappa shape index (κ1) is 30.1. The molecule has 1 aromatic rings. The number of rotatable bonds is 12. The highest BCUT2D eigenvalue weighted by Gasteiger charge is 2.33. The lowest BCUT2D eigenvalue weighted by molar-refractivity contribution is -0.137. The van der Waals surface area contributed by atoms with Crippen LogP contribution >= 0.6 is 0 Å². The predicted octanol–water partition coefficient (Wildman–Crippen LogP) is 7.90. The van der Waals surface area contributed by atoms with Crippen molar-refractivity contribution in [2.45, 2.75) is 110 Å². The zero-order valence-electron chi connectivity index (χ0n) is 23.3. The zero-order chi connectivity index (χ0) is 26.8. The van der Waals surface area contributed by atoms with E-state index < -0.39 is 9.84 Å². The number of hydrogen-bond acceptors (Lipinski definition) is 4. The van der Waals surface area contributed by atoms with Crippen molar-refractivity contribution in [3.8, 4) is 0 Å². The number of allylic oxidation sites excluding steroid dienone is 5. The molecule has 0 spiro atoms. The number of esters is 1. The summed E-state index contributed by atoms with van der Waals surface area (Å²) in [6, 6.07) is 4.12. The Morgan fingerprint density at radius 2 is 1.75 bits per heavy atom. The van der Waals surface area contributed by atoms with Crippen LogP contribution in [0.3, 0.4) is 0 Å². The lowest BCUT2D eigenvalue weighted by Gasteiger charge is -2.27. The fourth-order valence-electron chi connectivity index (χ4n) is 4.88. The zero-order valence-corrected chi connectivity index (χ0v) is 24.1. The minimum atomic E-state index is -3.29. The Labute approximate surface area is 219 Å². The van der Waals surface area contributed by atoms with Crippen LogP contribution < -0.4 is 0 Å². The molecule has 0 aliphatic carbocycles. The lowest BCUT2D eigenvalue weighted by Crippen LogP contribution is -2.19. The van der Waals surface area contributed by atoms with Crippen molar-refractivity contribution < 1.29 is 17.9 Å². The Morgan fingerprint density at radius 1 is 1.06 bits per heavy atom. The molecule has 5 heteroatoms. The van der Waals surface area contributed by atoms with Crippen LogP contribution in [0.25, 0.3) is 5.57 Å². The molecule has 2 rings (SSSR count). The molecule has 0 bridgehead atoms. The van der Waals surface area contributed by atoms with Crippen molar-refractivity contribution in [1.29, 1.82) is 0 Å². The van der Waals surface area contributed by atoms with Crippen LogP contribution in [-0.4, -0.2) is 26.7 Å². The normalized spacial score (nSPS) is 17.6. The van der Waals surface area contributed by atoms with E-state index in [1.54, 1.807) is 6.92 Å². The van der Waals surface area contributed by atoms with E-state index >= 15 is 0 Å². The molecule has 1 aliphatic rings. The van der Waals surface area contributed by atoms with Crippen molar-refractivity contribution in [3.05, 3.63) is 58.7 Å². The number of carbonyl (C=O) groups excluding carboxylic acids is 1. The quantitative estimate of drug-likeness (QED) is 0.123. The Morgan fingerprint density at radius 3 is 2.44 bits per heavy atom. The number of aryl methyl sites for hydroxylation is 1. The van der Waals surface area contributed by atoms with Gasteiger partial charge in [0, 0.05) is 6.08 Å². The smallest absolute Gasteiger partial charge is 0.330 e. The Bertz CT molecular complexity index is 1090. The van der Waals surface area contributed by atoms with Gasteiger partial charge in [0.15, 0.2) is 9.84 Å². The third-order valence-electron chi connectivity index (χ3n) is 7.05. The van der Waals surface area contributed by atoms with Crippen LogP contribution in [-0.2, 0) is 31.2 Å². The largest absolute Gasteiger partial charge is 0.463 e. The summed E-state index contributed by atoms with van der Waals surface area (Å²) < 4.78 is 31.3. The Hall–Kier alpha value is -2.14. The van der Waals surface area contributed by atoms with Crippen molar-refractivity contribution in [3.63, 3.8) is 0 Å². The van der Waals surface area contributed by atoms with Crippen LogP contribution in [0.15, 0.2) is 46.9 Å². The summed E-state index contributed by atoms with van der Waals surface area (Å²) >= 11 is 0. The molecule has 1 aliphatic heterocycles. The van der Waals surface area contributed by atoms with Gasteiger partial charge in [0.1, 0.15) is 0 Å². The van der Waals surface area contributed by atoms with Gasteiger partial charge in [0.2, 0.25) is 0 Å². The summed E-state index contributed by atoms with van der Waals surface area (Å²) in [5.74, 6) is -0.112. The van der Waals surface area contributed by atoms with E-state index in [0.717, 1.165) is 53.5 Å². The maximum Gasteiger partial charge on any atom is 0.330 e. The van der Waals surface area contributed by atoms with Crippen LogP contribution in [0.4, 0.5) is 0 Å². The molecule has 4 nitrogen and oxygen atoms in total. The fourth-order valence-corrected chi connectivity index (χ4v) is 6.61. The number of ether oxygens (including phenoxy) is 1. The summed E-state index contributed by atoms with van der Waals surface area (Å²) in [5, 5.41) is 0. The number of hydrogen-bond donors (Lipinski definition) is 0. The summed E-state index contributed by atoms with van der Waals surface area (Å²) in [7, 11) is -3.29. The first-order valence-electron chi connectivity index (χ1n) is 13.6. The Kier molecular flexibility index (Phi) is 11.7. The van der Waals surface area contributed by atoms with Crippen molar-refractivity contribution in [1.82, 2.24) is 0 Å². The van der Waals surface area contributed by atoms with Crippen molar-refractivity contribution >= 4 is 21.4 Å². The standard InChI is InChI=1S/C31H46O4S/c1-7-9-10-11-12-13-18-26-22-29-28(31(5,6)19-15-20-36(29,33)34)23-27(26)25(4)17-14-16-24(3)21-30(32)35-8-2/h14,16-17,21-23H,7-13,15,18-20H2,1-6H3/b16-14+,24-21+,25-17+. The summed E-state index contributed by atoms with van der Waals surface area (Å²) in [5.41, 5.74) is 4.91. The first-order valence-corrected chi connectivity index (χ1v) is 15.3. The number of sulfone groups is 1. The molecule has 0 fully saturated rings. The molecule has 1 aromatic carbocycles. The molecule has 0 radical (unpaired) electrons. The van der Waals surface area contributed by atoms with Gasteiger partial charge in [0.25, 0.3) is 0 Å². The van der Waals surface area contributed by atoms with Crippen molar-refractivity contribution in [2.75, 3.05) is 12.4 Å². The highest BCUT2D eigenvalue weighted by molar-refractivity contribution is 7.91. The highest BCUT2D eigenvalue weighted by atomic mass is 32.2. The molecule has 0 unspecified atom stereocenters. The van der Waals surface area contributed by atoms with E-state index in [4.69, 9.17) is 4.74 Å². The van der Waals surface area contributed by atoms with Crippen molar-refractivity contribution in [2.24, 2.45) is 0 Å². The molecule has 0 atom stereocenters. The molecular formula is C31H46O4S. The summed E-state index contributed by atoms with van der Waals surface area (Å²) in [6.07, 6.45) is 17.0. The van der Waals surface area contributed by atoms with E-state index in [1.165, 1.54) is 31.8 Å². The second-order valence-corrected chi connectivity index (χ2v) is 12.8. The summed E-state index contributed by atoms with van der Waals surface area (Å²) in [4.78, 5) is 12.2. The average Bonchev–Trinajstić information content (AvgIpc) is 2.88. The molecule has 0 amide bonds. The van der Waals surface area contributed by atoms with Crippen LogP contribution in [0.2, 0.25) is 0 Å². The molecule has 1 heterocycles. The minimum Gasteiger partial charge on any atom is -0.463 e. The van der Waals surface area contributed by atoms with E-state index in [9.17, 15) is 13.2 Å². The van der Waals surface area contributed by atoms with E-state index in [2.05, 4.69) is 33.8 Å². The van der Waals surface area contributed by atoms with Gasteiger partial charge in [0.05, 0.1) is 17.3 Å². The van der Waals surface area contributed by atoms with Gasteiger partial charge in [-0.25, -0.2) is 13.2 Å². The topological polar surface area (TPSA) is 60.4 Å². The second-order valence-electron chi connectivity index (χ2n) is 10.7. The number of benzene rings is 1. The monoisotopic (exact) mass is 514 g/mol. The molecule has 36 heavy (non-hydrogen) atoms. The predicted molar refractivity (Wildman–Crippen MR) is 151 cm³/mol. The molecular weight excluding hydrogens is 468 g/mol. The summed E-state index contributed by atoms with van der Waals surface area (Å²) in [6.45, 7) is 12.6. The van der Waals surface area contributed by atoms with Gasteiger partial charge in [-0.05, 0) is 91.8 Å². The number of carbonyl (C=O) groups is 1. The Balaban J connectivity index is 2.43. The van der Waals surface area contributed by atoms with Gasteiger partial charge < -0.3 is 4.74 Å². The van der Waals surface area contributed by atoms with Gasteiger partial charge in [-0.15, -0.1) is 0 Å². The van der Waals surface area contributed by atoms with Gasteiger partial charge in [-0.3, -0.25) is 0 Å². The van der Waals surface area contributed by atoms with Gasteiger partial charge in [-0.2, -0.15) is 0 Å². The molecule has 0 saturated heterocycles. The van der Waals surface area contributed by atoms with Crippen LogP contribution in [0.5, 0.6) is 0 Å². The van der Waals surface area contributed by atoms with Crippen LogP contribution in [0.1, 0.15) is 110 Å². The highest BCUT2D eigenvalue weighted by Crippen LogP contribution is 2.40. The van der Waals surface area contributed by atoms with Gasteiger partial charge >= 0.3 is 5.97 Å². The van der Waals surface area contributed by atoms with Crippen LogP contribution in [0, 0.1) is 0 Å². The SMILES string of the molecule is CCCCCCCCc1cc2c(cc1/C(C)=C/C=C/C(C)=C/C(=O)OCC)C(C)(C)CCCS2(=O)=O. The maximum atomic E-state index is 13.2. The van der Waals surface area contributed by atoms with E-state index in [1.807, 2.05) is 31.2 Å². The van der Waals surface area contributed by atoms with Gasteiger partial charge in [-0.1, -0.05) is 71.1 Å². The first-order chi connectivity index (χ1) is 17.0. The van der Waals surface area contributed by atoms with E-state index in [0.29, 0.717) is 17.9 Å². The fraction of sp³-hybridized carbons (Fsp3) is 0.581. The molecule has 200 valence electrons.